The second-order valence-corrected chi connectivity index (χ2v) is 7.70. The van der Waals surface area contributed by atoms with Gasteiger partial charge in [-0.1, -0.05) is 0 Å². The van der Waals surface area contributed by atoms with E-state index in [1.165, 1.54) is 12.1 Å². The first-order chi connectivity index (χ1) is 12.8. The van der Waals surface area contributed by atoms with Gasteiger partial charge in [-0.2, -0.15) is 8.78 Å². The minimum atomic E-state index is -3.95. The number of amides is 2. The van der Waals surface area contributed by atoms with Crippen LogP contribution >= 0.6 is 0 Å². The molecule has 2 saturated heterocycles. The highest BCUT2D eigenvalue weighted by Gasteiger charge is 2.57. The van der Waals surface area contributed by atoms with E-state index < -0.39 is 23.4 Å². The highest BCUT2D eigenvalue weighted by Crippen LogP contribution is 2.41. The van der Waals surface area contributed by atoms with E-state index in [-0.39, 0.29) is 31.0 Å². The van der Waals surface area contributed by atoms with E-state index in [1.807, 2.05) is 0 Å². The Morgan fingerprint density at radius 1 is 1.15 bits per heavy atom. The molecule has 0 unspecified atom stereocenters. The third-order valence-electron chi connectivity index (χ3n) is 5.61. The predicted octanol–water partition coefficient (Wildman–Crippen LogP) is 2.94. The molecular formula is C19H21F3N2O3. The van der Waals surface area contributed by atoms with Crippen molar-refractivity contribution in [2.45, 2.75) is 43.8 Å². The molecule has 146 valence electrons. The maximum absolute atomic E-state index is 14.3. The summed E-state index contributed by atoms with van der Waals surface area (Å²) < 4.78 is 46.7. The summed E-state index contributed by atoms with van der Waals surface area (Å²) in [6.45, 7) is 0.609. The summed E-state index contributed by atoms with van der Waals surface area (Å²) in [7, 11) is 0. The Kier molecular flexibility index (Phi) is 4.41. The zero-order chi connectivity index (χ0) is 19.2. The number of halogens is 3. The van der Waals surface area contributed by atoms with Crippen LogP contribution in [0.1, 0.15) is 32.1 Å². The molecule has 3 fully saturated rings. The Morgan fingerprint density at radius 2 is 1.78 bits per heavy atom. The fourth-order valence-corrected chi connectivity index (χ4v) is 3.82. The van der Waals surface area contributed by atoms with Gasteiger partial charge < -0.3 is 14.5 Å². The van der Waals surface area contributed by atoms with Crippen LogP contribution < -0.4 is 4.90 Å². The monoisotopic (exact) mass is 382 g/mol. The van der Waals surface area contributed by atoms with Crippen LogP contribution in [-0.4, -0.2) is 48.1 Å². The first-order valence-electron chi connectivity index (χ1n) is 9.21. The summed E-state index contributed by atoms with van der Waals surface area (Å²) in [5, 5.41) is 0. The minimum Gasteiger partial charge on any atom is -0.342 e. The number of nitrogens with zero attached hydrogens (tertiary/aromatic N) is 2. The number of ether oxygens (including phenoxy) is 1. The van der Waals surface area contributed by atoms with Crippen molar-refractivity contribution in [1.29, 1.82) is 0 Å². The Morgan fingerprint density at radius 3 is 2.37 bits per heavy atom. The van der Waals surface area contributed by atoms with E-state index in [2.05, 4.69) is 0 Å². The van der Waals surface area contributed by atoms with Crippen LogP contribution in [0.25, 0.3) is 0 Å². The Bertz CT molecular complexity index is 741. The van der Waals surface area contributed by atoms with Crippen LogP contribution in [0.15, 0.2) is 24.3 Å². The molecule has 0 bridgehead atoms. The zero-order valence-electron chi connectivity index (χ0n) is 14.8. The molecule has 0 atom stereocenters. The average Bonchev–Trinajstić information content (AvgIpc) is 3.43. The highest BCUT2D eigenvalue weighted by molar-refractivity contribution is 5.98. The third kappa shape index (κ3) is 3.67. The van der Waals surface area contributed by atoms with Gasteiger partial charge in [-0.15, -0.1) is 0 Å². The fraction of sp³-hybridized carbons (Fsp3) is 0.579. The summed E-state index contributed by atoms with van der Waals surface area (Å²) in [6, 6.07) is 4.86. The van der Waals surface area contributed by atoms with Gasteiger partial charge in [-0.25, -0.2) is 4.39 Å². The van der Waals surface area contributed by atoms with E-state index in [4.69, 9.17) is 4.74 Å². The summed E-state index contributed by atoms with van der Waals surface area (Å²) in [5.41, 5.74) is -1.02. The van der Waals surface area contributed by atoms with Crippen LogP contribution in [-0.2, 0) is 14.3 Å². The number of rotatable bonds is 3. The average molecular weight is 382 g/mol. The minimum absolute atomic E-state index is 0.0439. The van der Waals surface area contributed by atoms with Crippen LogP contribution in [0.2, 0.25) is 0 Å². The van der Waals surface area contributed by atoms with E-state index in [0.29, 0.717) is 25.4 Å². The number of piperidine rings is 1. The van der Waals surface area contributed by atoms with Crippen molar-refractivity contribution in [2.24, 2.45) is 5.92 Å². The molecule has 0 aromatic heterocycles. The van der Waals surface area contributed by atoms with Gasteiger partial charge >= 0.3 is 12.0 Å². The summed E-state index contributed by atoms with van der Waals surface area (Å²) in [5.74, 6) is -1.44. The van der Waals surface area contributed by atoms with Crippen molar-refractivity contribution in [3.05, 3.63) is 30.1 Å². The molecule has 4 rings (SSSR count). The van der Waals surface area contributed by atoms with Gasteiger partial charge in [0.05, 0.1) is 12.1 Å². The van der Waals surface area contributed by atoms with Gasteiger partial charge in [0.2, 0.25) is 5.91 Å². The predicted molar refractivity (Wildman–Crippen MR) is 90.7 cm³/mol. The highest BCUT2D eigenvalue weighted by atomic mass is 19.3. The lowest BCUT2D eigenvalue weighted by atomic mass is 9.88. The normalized spacial score (nSPS) is 24.3. The standard InChI is InChI=1S/C19H21F3N2O3/c20-14-3-5-15(6-4-14)24-12-18(27-19(21,22)17(24)26)7-9-23(10-8-18)16(25)11-13-1-2-13/h3-6,13H,1-2,7-12H2. The van der Waals surface area contributed by atoms with E-state index in [0.717, 1.165) is 29.9 Å². The summed E-state index contributed by atoms with van der Waals surface area (Å²) in [6.07, 6.45) is -0.827. The first-order valence-corrected chi connectivity index (χ1v) is 9.21. The van der Waals surface area contributed by atoms with E-state index >= 15 is 0 Å². The van der Waals surface area contributed by atoms with Gasteiger partial charge in [-0.05, 0) is 55.9 Å². The second-order valence-electron chi connectivity index (χ2n) is 7.70. The number of morpholine rings is 1. The zero-order valence-corrected chi connectivity index (χ0v) is 14.8. The SMILES string of the molecule is O=C(CC1CC1)N1CCC2(CC1)CN(c1ccc(F)cc1)C(=O)C(F)(F)O2. The number of hydrogen-bond donors (Lipinski definition) is 0. The number of benzene rings is 1. The third-order valence-corrected chi connectivity index (χ3v) is 5.61. The molecule has 1 aliphatic carbocycles. The van der Waals surface area contributed by atoms with E-state index in [9.17, 15) is 22.8 Å². The van der Waals surface area contributed by atoms with Gasteiger partial charge in [0.15, 0.2) is 0 Å². The summed E-state index contributed by atoms with van der Waals surface area (Å²) in [4.78, 5) is 27.1. The Labute approximate surface area is 155 Å². The number of likely N-dealkylation sites (tertiary alicyclic amines) is 1. The number of hydrogen-bond acceptors (Lipinski definition) is 3. The molecular weight excluding hydrogens is 361 g/mol. The maximum Gasteiger partial charge on any atom is 0.437 e. The van der Waals surface area contributed by atoms with Gasteiger partial charge in [0, 0.05) is 25.2 Å². The number of alkyl halides is 2. The smallest absolute Gasteiger partial charge is 0.342 e. The largest absolute Gasteiger partial charge is 0.437 e. The quantitative estimate of drug-likeness (QED) is 0.808. The van der Waals surface area contributed by atoms with Gasteiger partial charge in [0.1, 0.15) is 5.82 Å². The number of anilines is 1. The van der Waals surface area contributed by atoms with E-state index in [1.54, 1.807) is 4.90 Å². The molecule has 27 heavy (non-hydrogen) atoms. The topological polar surface area (TPSA) is 49.9 Å². The molecule has 1 aromatic carbocycles. The van der Waals surface area contributed by atoms with Crippen molar-refractivity contribution in [2.75, 3.05) is 24.5 Å². The molecule has 1 saturated carbocycles. The Balaban J connectivity index is 1.50. The molecule has 2 aliphatic heterocycles. The lowest BCUT2D eigenvalue weighted by molar-refractivity contribution is -0.292. The lowest BCUT2D eigenvalue weighted by Crippen LogP contribution is -2.65. The van der Waals surface area contributed by atoms with Crippen LogP contribution in [0.5, 0.6) is 0 Å². The van der Waals surface area contributed by atoms with Crippen LogP contribution in [0.3, 0.4) is 0 Å². The molecule has 2 amide bonds. The molecule has 0 N–H and O–H groups in total. The molecule has 8 heteroatoms. The second kappa shape index (κ2) is 6.51. The van der Waals surface area contributed by atoms with Crippen LogP contribution in [0, 0.1) is 11.7 Å². The lowest BCUT2D eigenvalue weighted by Gasteiger charge is -2.48. The van der Waals surface area contributed by atoms with Crippen molar-refractivity contribution >= 4 is 17.5 Å². The van der Waals surface area contributed by atoms with Crippen LogP contribution in [0.4, 0.5) is 18.9 Å². The number of carbonyl (C=O) groups is 2. The molecule has 3 aliphatic rings. The molecule has 5 nitrogen and oxygen atoms in total. The molecule has 1 spiro atoms. The van der Waals surface area contributed by atoms with Crippen molar-refractivity contribution in [1.82, 2.24) is 4.90 Å². The molecule has 1 aromatic rings. The summed E-state index contributed by atoms with van der Waals surface area (Å²) >= 11 is 0. The molecule has 2 heterocycles. The van der Waals surface area contributed by atoms with Crippen molar-refractivity contribution < 1.29 is 27.5 Å². The van der Waals surface area contributed by atoms with Gasteiger partial charge in [-0.3, -0.25) is 9.59 Å². The first kappa shape index (κ1) is 18.3. The Hall–Kier alpha value is -2.09. The van der Waals surface area contributed by atoms with Crippen molar-refractivity contribution in [3.63, 3.8) is 0 Å². The number of carbonyl (C=O) groups excluding carboxylic acids is 2. The van der Waals surface area contributed by atoms with Gasteiger partial charge in [0.25, 0.3) is 0 Å². The molecule has 0 radical (unpaired) electrons. The van der Waals surface area contributed by atoms with Crippen molar-refractivity contribution in [3.8, 4) is 0 Å². The fourth-order valence-electron chi connectivity index (χ4n) is 3.82. The maximum atomic E-state index is 14.3.